The van der Waals surface area contributed by atoms with Crippen LogP contribution in [0.3, 0.4) is 0 Å². The molecule has 4 aromatic rings. The van der Waals surface area contributed by atoms with E-state index in [2.05, 4.69) is 10.3 Å². The Hall–Kier alpha value is -3.78. The van der Waals surface area contributed by atoms with E-state index in [1.165, 1.54) is 6.07 Å². The Morgan fingerprint density at radius 3 is 2.72 bits per heavy atom. The minimum absolute atomic E-state index is 0.0401. The number of hydrogen-bond acceptors (Lipinski definition) is 6. The molecule has 2 aromatic carbocycles. The number of anilines is 1. The average Bonchev–Trinajstić information content (AvgIpc) is 3.14. The Morgan fingerprint density at radius 2 is 1.91 bits per heavy atom. The summed E-state index contributed by atoms with van der Waals surface area (Å²) in [5.74, 6) is 1.08. The molecule has 0 aliphatic heterocycles. The maximum Gasteiger partial charge on any atom is 0.287 e. The highest BCUT2D eigenvalue weighted by Crippen LogP contribution is 2.27. The van der Waals surface area contributed by atoms with Crippen LogP contribution >= 0.6 is 11.6 Å². The van der Waals surface area contributed by atoms with Crippen LogP contribution in [-0.2, 0) is 11.4 Å². The smallest absolute Gasteiger partial charge is 0.287 e. The maximum absolute atomic E-state index is 12.4. The summed E-state index contributed by atoms with van der Waals surface area (Å²) in [6, 6.07) is 15.3. The summed E-state index contributed by atoms with van der Waals surface area (Å²) in [7, 11) is 0. The topological polar surface area (TPSA) is 95.1 Å². The Bertz CT molecular complexity index is 1350. The summed E-state index contributed by atoms with van der Waals surface area (Å²) in [5.41, 5.74) is 1.93. The lowest BCUT2D eigenvalue weighted by atomic mass is 10.2. The highest BCUT2D eigenvalue weighted by atomic mass is 35.5. The van der Waals surface area contributed by atoms with Crippen LogP contribution in [0.2, 0.25) is 5.02 Å². The van der Waals surface area contributed by atoms with Crippen molar-refractivity contribution in [2.75, 3.05) is 11.9 Å². The number of aryl methyl sites for hydroxylation is 2. The Morgan fingerprint density at radius 1 is 1.09 bits per heavy atom. The quantitative estimate of drug-likeness (QED) is 0.451. The van der Waals surface area contributed by atoms with Crippen LogP contribution in [0.1, 0.15) is 17.0 Å². The van der Waals surface area contributed by atoms with Crippen molar-refractivity contribution in [1.82, 2.24) is 9.56 Å². The molecular weight excluding hydrogens is 434 g/mol. The van der Waals surface area contributed by atoms with Gasteiger partial charge in [0.25, 0.3) is 11.5 Å². The molecule has 0 unspecified atom stereocenters. The van der Waals surface area contributed by atoms with Crippen molar-refractivity contribution in [1.29, 1.82) is 0 Å². The molecule has 0 fully saturated rings. The number of ether oxygens (including phenoxy) is 2. The van der Waals surface area contributed by atoms with Gasteiger partial charge in [-0.25, -0.2) is 4.98 Å². The fourth-order valence-corrected chi connectivity index (χ4v) is 3.23. The number of carbonyl (C=O) groups is 1. The molecule has 1 amide bonds. The monoisotopic (exact) mass is 453 g/mol. The number of nitrogens with zero attached hydrogens (tertiary/aromatic N) is 2. The van der Waals surface area contributed by atoms with Gasteiger partial charge < -0.3 is 19.3 Å². The molecule has 0 spiro atoms. The summed E-state index contributed by atoms with van der Waals surface area (Å²) in [6.07, 6.45) is 0. The third kappa shape index (κ3) is 4.92. The van der Waals surface area contributed by atoms with Gasteiger partial charge in [-0.05, 0) is 43.7 Å². The third-order valence-electron chi connectivity index (χ3n) is 4.51. The second-order valence-electron chi connectivity index (χ2n) is 7.14. The molecule has 9 heteroatoms. The molecule has 1 N–H and O–H groups in total. The summed E-state index contributed by atoms with van der Waals surface area (Å²) in [5, 5.41) is 3.20. The number of aromatic nitrogens is 2. The van der Waals surface area contributed by atoms with Gasteiger partial charge in [-0.2, -0.15) is 0 Å². The van der Waals surface area contributed by atoms with Crippen molar-refractivity contribution in [2.24, 2.45) is 0 Å². The molecule has 0 saturated carbocycles. The largest absolute Gasteiger partial charge is 0.485 e. The first kappa shape index (κ1) is 21.5. The Labute approximate surface area is 188 Å². The van der Waals surface area contributed by atoms with Crippen LogP contribution in [0.5, 0.6) is 11.5 Å². The number of halogens is 1. The number of hydrogen-bond donors (Lipinski definition) is 1. The molecule has 0 atom stereocenters. The molecule has 32 heavy (non-hydrogen) atoms. The van der Waals surface area contributed by atoms with E-state index in [9.17, 15) is 9.59 Å². The zero-order valence-electron chi connectivity index (χ0n) is 17.4. The van der Waals surface area contributed by atoms with Crippen LogP contribution in [0.4, 0.5) is 5.69 Å². The van der Waals surface area contributed by atoms with Gasteiger partial charge >= 0.3 is 0 Å². The Kier molecular flexibility index (Phi) is 6.13. The minimum atomic E-state index is -0.370. The van der Waals surface area contributed by atoms with E-state index in [-0.39, 0.29) is 24.7 Å². The molecule has 2 aromatic heterocycles. The summed E-state index contributed by atoms with van der Waals surface area (Å²) >= 11 is 6.05. The van der Waals surface area contributed by atoms with Crippen molar-refractivity contribution in [2.45, 2.75) is 20.5 Å². The number of nitrogens with one attached hydrogen (secondary N) is 1. The molecular formula is C23H20ClN3O5. The van der Waals surface area contributed by atoms with Crippen molar-refractivity contribution in [3.8, 4) is 11.5 Å². The number of carbonyl (C=O) groups excluding carboxylic acids is 1. The molecule has 0 bridgehead atoms. The molecule has 2 heterocycles. The standard InChI is InChI=1S/C23H20ClN3O5/c1-14-7-8-18(26-22(28)13-31-19-6-4-3-5-17(19)24)20(9-14)30-12-16-11-23(29)27-21(25-16)10-15(2)32-27/h3-11H,12-13H2,1-2H3,(H,26,28). The van der Waals surface area contributed by atoms with Gasteiger partial charge in [0.15, 0.2) is 12.3 Å². The van der Waals surface area contributed by atoms with Crippen LogP contribution in [0.15, 0.2) is 63.9 Å². The van der Waals surface area contributed by atoms with Crippen LogP contribution < -0.4 is 20.3 Å². The molecule has 0 aliphatic rings. The first-order chi connectivity index (χ1) is 15.4. The second kappa shape index (κ2) is 9.15. The van der Waals surface area contributed by atoms with Crippen LogP contribution in [0, 0.1) is 13.8 Å². The lowest BCUT2D eigenvalue weighted by Crippen LogP contribution is -2.21. The number of rotatable bonds is 7. The summed E-state index contributed by atoms with van der Waals surface area (Å²) < 4.78 is 17.8. The van der Waals surface area contributed by atoms with Gasteiger partial charge in [0.05, 0.1) is 16.4 Å². The van der Waals surface area contributed by atoms with E-state index in [1.807, 2.05) is 13.0 Å². The zero-order valence-corrected chi connectivity index (χ0v) is 18.2. The molecule has 0 aliphatic carbocycles. The van der Waals surface area contributed by atoms with Crippen LogP contribution in [0.25, 0.3) is 5.65 Å². The van der Waals surface area contributed by atoms with E-state index in [0.29, 0.717) is 39.3 Å². The predicted octanol–water partition coefficient (Wildman–Crippen LogP) is 4.15. The maximum atomic E-state index is 12.4. The lowest BCUT2D eigenvalue weighted by Gasteiger charge is -2.14. The van der Waals surface area contributed by atoms with Gasteiger partial charge in [-0.3, -0.25) is 9.59 Å². The molecule has 0 radical (unpaired) electrons. The number of amides is 1. The fraction of sp³-hybridized carbons (Fsp3) is 0.174. The van der Waals surface area contributed by atoms with Gasteiger partial charge in [0, 0.05) is 12.1 Å². The van der Waals surface area contributed by atoms with Crippen molar-refractivity contribution in [3.63, 3.8) is 0 Å². The van der Waals surface area contributed by atoms with Gasteiger partial charge in [0.2, 0.25) is 0 Å². The van der Waals surface area contributed by atoms with Gasteiger partial charge in [-0.15, -0.1) is 4.57 Å². The summed E-state index contributed by atoms with van der Waals surface area (Å²) in [4.78, 5) is 29.0. The second-order valence-corrected chi connectivity index (χ2v) is 7.55. The third-order valence-corrected chi connectivity index (χ3v) is 4.82. The van der Waals surface area contributed by atoms with Gasteiger partial charge in [-0.1, -0.05) is 29.8 Å². The zero-order chi connectivity index (χ0) is 22.7. The molecule has 0 saturated heterocycles. The highest BCUT2D eigenvalue weighted by Gasteiger charge is 2.12. The number of fused-ring (bicyclic) bond motifs is 1. The van der Waals surface area contributed by atoms with E-state index < -0.39 is 0 Å². The van der Waals surface area contributed by atoms with E-state index in [4.69, 9.17) is 25.6 Å². The summed E-state index contributed by atoms with van der Waals surface area (Å²) in [6.45, 7) is 3.47. The normalized spacial score (nSPS) is 10.8. The van der Waals surface area contributed by atoms with Crippen molar-refractivity contribution < 1.29 is 18.8 Å². The predicted molar refractivity (Wildman–Crippen MR) is 120 cm³/mol. The first-order valence-electron chi connectivity index (χ1n) is 9.79. The fourth-order valence-electron chi connectivity index (χ4n) is 3.04. The van der Waals surface area contributed by atoms with Gasteiger partial charge in [0.1, 0.15) is 23.9 Å². The number of benzene rings is 2. The first-order valence-corrected chi connectivity index (χ1v) is 10.2. The Balaban J connectivity index is 1.45. The lowest BCUT2D eigenvalue weighted by molar-refractivity contribution is -0.118. The van der Waals surface area contributed by atoms with Crippen molar-refractivity contribution in [3.05, 3.63) is 87.0 Å². The van der Waals surface area contributed by atoms with Crippen LogP contribution in [-0.4, -0.2) is 22.1 Å². The van der Waals surface area contributed by atoms with E-state index in [1.54, 1.807) is 49.4 Å². The minimum Gasteiger partial charge on any atom is -0.485 e. The van der Waals surface area contributed by atoms with E-state index in [0.717, 1.165) is 10.1 Å². The number of para-hydroxylation sites is 1. The molecule has 164 valence electrons. The average molecular weight is 454 g/mol. The molecule has 8 nitrogen and oxygen atoms in total. The molecule has 4 rings (SSSR count). The SMILES string of the molecule is Cc1ccc(NC(=O)COc2ccccc2Cl)c(OCc2cc(=O)n3oc(C)cc3n2)c1. The van der Waals surface area contributed by atoms with Crippen molar-refractivity contribution >= 4 is 28.8 Å². The highest BCUT2D eigenvalue weighted by molar-refractivity contribution is 6.32. The van der Waals surface area contributed by atoms with E-state index >= 15 is 0 Å².